The average molecular weight is 292 g/mol. The summed E-state index contributed by atoms with van der Waals surface area (Å²) in [6.45, 7) is 0. The molecule has 1 amide bonds. The maximum atomic E-state index is 12.3. The summed E-state index contributed by atoms with van der Waals surface area (Å²) in [4.78, 5) is 22.1. The Labute approximate surface area is 107 Å². The van der Waals surface area contributed by atoms with Crippen LogP contribution >= 0.6 is 23.6 Å². The van der Waals surface area contributed by atoms with Crippen LogP contribution in [0.25, 0.3) is 0 Å². The highest BCUT2D eigenvalue weighted by Crippen LogP contribution is 2.31. The number of amides is 1. The second-order valence-corrected chi connectivity index (χ2v) is 4.30. The first-order valence-electron chi connectivity index (χ1n) is 4.37. The van der Waals surface area contributed by atoms with E-state index >= 15 is 0 Å². The quantitative estimate of drug-likeness (QED) is 0.847. The van der Waals surface area contributed by atoms with Crippen molar-refractivity contribution in [3.8, 4) is 0 Å². The summed E-state index contributed by atoms with van der Waals surface area (Å²) in [5, 5.41) is 2.79. The summed E-state index contributed by atoms with van der Waals surface area (Å²) in [5.74, 6) is -0.960. The minimum absolute atomic E-state index is 0.135. The molecule has 5 nitrogen and oxygen atoms in total. The summed E-state index contributed by atoms with van der Waals surface area (Å²) in [6.07, 6.45) is -3.34. The number of aliphatic imine (C=N–C) groups is 2. The highest BCUT2D eigenvalue weighted by molar-refractivity contribution is 7.81. The van der Waals surface area contributed by atoms with Gasteiger partial charge in [-0.3, -0.25) is 10.1 Å². The molecule has 0 bridgehead atoms. The standard InChI is InChI=1S/C8H3F3N4OS2/c9-8(10,11)3-2-18-7(13-3)15-6(16)5-12-1-4(17)14-5/h1-2H,(H,13,15,16). The van der Waals surface area contributed by atoms with E-state index in [0.29, 0.717) is 11.3 Å². The van der Waals surface area contributed by atoms with Gasteiger partial charge in [0.1, 0.15) is 4.99 Å². The molecule has 1 aromatic rings. The van der Waals surface area contributed by atoms with Crippen molar-refractivity contribution in [2.75, 3.05) is 5.32 Å². The van der Waals surface area contributed by atoms with Gasteiger partial charge < -0.3 is 0 Å². The van der Waals surface area contributed by atoms with Crippen LogP contribution in [0.2, 0.25) is 0 Å². The van der Waals surface area contributed by atoms with Crippen molar-refractivity contribution in [2.45, 2.75) is 6.18 Å². The molecule has 94 valence electrons. The van der Waals surface area contributed by atoms with Crippen molar-refractivity contribution in [1.29, 1.82) is 0 Å². The fourth-order valence-corrected chi connectivity index (χ4v) is 1.85. The molecular formula is C8H3F3N4OS2. The van der Waals surface area contributed by atoms with Crippen molar-refractivity contribution in [3.05, 3.63) is 11.1 Å². The Morgan fingerprint density at radius 2 is 2.17 bits per heavy atom. The highest BCUT2D eigenvalue weighted by Gasteiger charge is 2.34. The van der Waals surface area contributed by atoms with Crippen molar-refractivity contribution in [3.63, 3.8) is 0 Å². The average Bonchev–Trinajstić information content (AvgIpc) is 2.85. The van der Waals surface area contributed by atoms with E-state index in [1.807, 2.05) is 0 Å². The Hall–Kier alpha value is -1.68. The number of rotatable bonds is 2. The van der Waals surface area contributed by atoms with Gasteiger partial charge in [0, 0.05) is 5.38 Å². The lowest BCUT2D eigenvalue weighted by molar-refractivity contribution is -0.140. The van der Waals surface area contributed by atoms with Gasteiger partial charge in [-0.25, -0.2) is 15.0 Å². The van der Waals surface area contributed by atoms with E-state index in [2.05, 4.69) is 32.5 Å². The molecule has 10 heteroatoms. The maximum absolute atomic E-state index is 12.3. The third-order valence-corrected chi connectivity index (χ3v) is 2.69. The molecule has 1 aliphatic rings. The number of halogens is 3. The van der Waals surface area contributed by atoms with E-state index in [0.717, 1.165) is 5.38 Å². The Kier molecular flexibility index (Phi) is 3.22. The lowest BCUT2D eigenvalue weighted by atomic mass is 10.5. The van der Waals surface area contributed by atoms with Gasteiger partial charge in [0.25, 0.3) is 5.91 Å². The van der Waals surface area contributed by atoms with Crippen LogP contribution in [-0.2, 0) is 11.0 Å². The highest BCUT2D eigenvalue weighted by atomic mass is 32.1. The van der Waals surface area contributed by atoms with E-state index in [4.69, 9.17) is 0 Å². The minimum atomic E-state index is -4.54. The predicted molar refractivity (Wildman–Crippen MR) is 64.3 cm³/mol. The zero-order chi connectivity index (χ0) is 13.3. The number of aromatic nitrogens is 1. The molecule has 0 unspecified atom stereocenters. The number of thiazole rings is 1. The molecule has 1 aromatic heterocycles. The zero-order valence-electron chi connectivity index (χ0n) is 8.35. The first-order valence-corrected chi connectivity index (χ1v) is 5.66. The topological polar surface area (TPSA) is 66.7 Å². The number of anilines is 1. The SMILES string of the molecule is O=C(Nc1nc(C(F)(F)F)cs1)C1=NC(=S)C=N1. The monoisotopic (exact) mass is 292 g/mol. The van der Waals surface area contributed by atoms with Crippen LogP contribution in [0.4, 0.5) is 18.3 Å². The van der Waals surface area contributed by atoms with Crippen LogP contribution in [0.5, 0.6) is 0 Å². The molecule has 1 aliphatic heterocycles. The number of thiocarbonyl (C=S) groups is 1. The lowest BCUT2D eigenvalue weighted by Crippen LogP contribution is -2.20. The van der Waals surface area contributed by atoms with Gasteiger partial charge in [0.2, 0.25) is 5.84 Å². The molecule has 0 radical (unpaired) electrons. The van der Waals surface area contributed by atoms with Gasteiger partial charge in [-0.2, -0.15) is 13.2 Å². The third-order valence-electron chi connectivity index (χ3n) is 1.73. The second kappa shape index (κ2) is 4.53. The Bertz CT molecular complexity index is 575. The number of nitrogens with zero attached hydrogens (tertiary/aromatic N) is 3. The number of hydrogen-bond donors (Lipinski definition) is 1. The van der Waals surface area contributed by atoms with E-state index in [9.17, 15) is 18.0 Å². The van der Waals surface area contributed by atoms with Gasteiger partial charge in [0.15, 0.2) is 10.8 Å². The summed E-state index contributed by atoms with van der Waals surface area (Å²) < 4.78 is 36.8. The molecule has 1 N–H and O–H groups in total. The number of amidine groups is 1. The van der Waals surface area contributed by atoms with Crippen LogP contribution in [0.1, 0.15) is 5.69 Å². The Morgan fingerprint density at radius 1 is 1.44 bits per heavy atom. The second-order valence-electron chi connectivity index (χ2n) is 3.02. The molecule has 2 rings (SSSR count). The van der Waals surface area contributed by atoms with Crippen molar-refractivity contribution in [2.24, 2.45) is 9.98 Å². The summed E-state index contributed by atoms with van der Waals surface area (Å²) >= 11 is 5.32. The molecule has 0 saturated heterocycles. The summed E-state index contributed by atoms with van der Waals surface area (Å²) in [6, 6.07) is 0. The number of carbonyl (C=O) groups is 1. The fourth-order valence-electron chi connectivity index (χ4n) is 1.00. The largest absolute Gasteiger partial charge is 0.434 e. The lowest BCUT2D eigenvalue weighted by Gasteiger charge is -2.00. The van der Waals surface area contributed by atoms with E-state index in [-0.39, 0.29) is 16.0 Å². The third kappa shape index (κ3) is 2.76. The number of hydrogen-bond acceptors (Lipinski definition) is 5. The summed E-state index contributed by atoms with van der Waals surface area (Å²) in [5.41, 5.74) is -1.06. The van der Waals surface area contributed by atoms with Gasteiger partial charge in [-0.05, 0) is 0 Å². The van der Waals surface area contributed by atoms with Crippen LogP contribution in [-0.4, -0.2) is 27.9 Å². The van der Waals surface area contributed by atoms with Crippen molar-refractivity contribution < 1.29 is 18.0 Å². The molecule has 0 spiro atoms. The normalized spacial score (nSPS) is 14.8. The number of carbonyl (C=O) groups excluding carboxylic acids is 1. The van der Waals surface area contributed by atoms with Gasteiger partial charge in [0.05, 0.1) is 6.21 Å². The first kappa shape index (κ1) is 12.8. The molecule has 0 fully saturated rings. The van der Waals surface area contributed by atoms with Gasteiger partial charge in [-0.15, -0.1) is 11.3 Å². The molecule has 0 aromatic carbocycles. The molecule has 0 atom stereocenters. The van der Waals surface area contributed by atoms with Crippen LogP contribution in [0.3, 0.4) is 0 Å². The molecule has 0 aliphatic carbocycles. The molecule has 18 heavy (non-hydrogen) atoms. The van der Waals surface area contributed by atoms with E-state index in [1.54, 1.807) is 0 Å². The van der Waals surface area contributed by atoms with Crippen LogP contribution in [0, 0.1) is 0 Å². The predicted octanol–water partition coefficient (Wildman–Crippen LogP) is 1.91. The molecule has 2 heterocycles. The fraction of sp³-hybridized carbons (Fsp3) is 0.125. The smallest absolute Gasteiger partial charge is 0.295 e. The zero-order valence-corrected chi connectivity index (χ0v) is 9.99. The maximum Gasteiger partial charge on any atom is 0.434 e. The Balaban J connectivity index is 2.09. The van der Waals surface area contributed by atoms with Crippen molar-refractivity contribution in [1.82, 2.24) is 4.98 Å². The van der Waals surface area contributed by atoms with E-state index in [1.165, 1.54) is 6.21 Å². The molecule has 0 saturated carbocycles. The van der Waals surface area contributed by atoms with Gasteiger partial charge >= 0.3 is 6.18 Å². The van der Waals surface area contributed by atoms with E-state index < -0.39 is 17.8 Å². The van der Waals surface area contributed by atoms with Crippen LogP contribution in [0.15, 0.2) is 15.4 Å². The minimum Gasteiger partial charge on any atom is -0.295 e. The number of nitrogens with one attached hydrogen (secondary N) is 1. The van der Waals surface area contributed by atoms with Crippen molar-refractivity contribution >= 4 is 51.6 Å². The Morgan fingerprint density at radius 3 is 2.67 bits per heavy atom. The number of alkyl halides is 3. The van der Waals surface area contributed by atoms with Gasteiger partial charge in [-0.1, -0.05) is 12.2 Å². The first-order chi connectivity index (χ1) is 8.36. The van der Waals surface area contributed by atoms with Crippen LogP contribution < -0.4 is 5.32 Å². The molecular weight excluding hydrogens is 289 g/mol. The summed E-state index contributed by atoms with van der Waals surface area (Å²) in [7, 11) is 0.